The van der Waals surface area contributed by atoms with E-state index in [1.807, 2.05) is 0 Å². The van der Waals surface area contributed by atoms with E-state index in [1.165, 1.54) is 6.92 Å². The summed E-state index contributed by atoms with van der Waals surface area (Å²) in [7, 11) is 0. The van der Waals surface area contributed by atoms with Gasteiger partial charge in [0.05, 0.1) is 13.2 Å². The maximum Gasteiger partial charge on any atom is 0.305 e. The highest BCUT2D eigenvalue weighted by atomic mass is 16.5. The predicted molar refractivity (Wildman–Crippen MR) is 51.8 cm³/mol. The Bertz CT molecular complexity index is 212. The summed E-state index contributed by atoms with van der Waals surface area (Å²) < 4.78 is 9.43. The predicted octanol–water partition coefficient (Wildman–Crippen LogP) is 0.763. The molecule has 0 rings (SSSR count). The van der Waals surface area contributed by atoms with Crippen LogP contribution >= 0.6 is 0 Å². The second kappa shape index (κ2) is 9.18. The van der Waals surface area contributed by atoms with Gasteiger partial charge >= 0.3 is 11.9 Å². The molecule has 0 aliphatic rings. The first-order valence-corrected chi connectivity index (χ1v) is 4.81. The lowest BCUT2D eigenvalue weighted by atomic mass is 10.3. The lowest BCUT2D eigenvalue weighted by molar-refractivity contribution is -0.146. The Balaban J connectivity index is 3.25. The van der Waals surface area contributed by atoms with Crippen LogP contribution in [0.2, 0.25) is 0 Å². The highest BCUT2D eigenvalue weighted by Gasteiger charge is 2.02. The van der Waals surface area contributed by atoms with Crippen LogP contribution in [-0.2, 0) is 23.9 Å². The summed E-state index contributed by atoms with van der Waals surface area (Å²) in [6.07, 6.45) is 3.16. The summed E-state index contributed by atoms with van der Waals surface area (Å²) in [6.45, 7) is 1.78. The second-order valence-corrected chi connectivity index (χ2v) is 2.91. The van der Waals surface area contributed by atoms with Crippen molar-refractivity contribution in [3.63, 3.8) is 0 Å². The normalized spacial score (nSPS) is 9.40. The molecule has 0 spiro atoms. The van der Waals surface area contributed by atoms with Gasteiger partial charge in [0.2, 0.25) is 0 Å². The molecule has 15 heavy (non-hydrogen) atoms. The van der Waals surface area contributed by atoms with E-state index in [4.69, 9.17) is 4.74 Å². The van der Waals surface area contributed by atoms with Crippen LogP contribution in [0.3, 0.4) is 0 Å². The lowest BCUT2D eigenvalue weighted by Gasteiger charge is -2.03. The fourth-order valence-electron chi connectivity index (χ4n) is 0.835. The van der Waals surface area contributed by atoms with Crippen LogP contribution in [0.1, 0.15) is 32.6 Å². The first-order valence-electron chi connectivity index (χ1n) is 4.81. The summed E-state index contributed by atoms with van der Waals surface area (Å²) in [5.74, 6) is -0.696. The molecule has 5 nitrogen and oxygen atoms in total. The van der Waals surface area contributed by atoms with Crippen molar-refractivity contribution in [1.82, 2.24) is 0 Å². The molecule has 0 heterocycles. The molecule has 0 aliphatic heterocycles. The second-order valence-electron chi connectivity index (χ2n) is 2.91. The summed E-state index contributed by atoms with van der Waals surface area (Å²) in [6, 6.07) is 0. The Morgan fingerprint density at radius 2 is 1.80 bits per heavy atom. The largest absolute Gasteiger partial charge is 0.466 e. The smallest absolute Gasteiger partial charge is 0.305 e. The maximum absolute atomic E-state index is 11.0. The Morgan fingerprint density at radius 3 is 2.40 bits per heavy atom. The molecule has 0 aromatic rings. The summed E-state index contributed by atoms with van der Waals surface area (Å²) in [5.41, 5.74) is 0. The minimum atomic E-state index is -0.357. The average Bonchev–Trinajstić information content (AvgIpc) is 2.19. The van der Waals surface area contributed by atoms with Crippen LogP contribution in [0.4, 0.5) is 0 Å². The highest BCUT2D eigenvalue weighted by Crippen LogP contribution is 1.96. The SMILES string of the molecule is CC(=O)OCCCC(=O)OCCC[C]=O. The molecule has 0 saturated heterocycles. The number of carbonyl (C=O) groups is 2. The monoisotopic (exact) mass is 215 g/mol. The van der Waals surface area contributed by atoms with Gasteiger partial charge in [-0.25, -0.2) is 0 Å². The molecule has 0 N–H and O–H groups in total. The first-order chi connectivity index (χ1) is 7.16. The number of hydrogen-bond acceptors (Lipinski definition) is 5. The number of ether oxygens (including phenoxy) is 2. The van der Waals surface area contributed by atoms with E-state index in [0.29, 0.717) is 12.8 Å². The molecule has 0 fully saturated rings. The molecule has 0 aliphatic carbocycles. The number of rotatable bonds is 8. The van der Waals surface area contributed by atoms with Crippen molar-refractivity contribution < 1.29 is 23.9 Å². The molecular weight excluding hydrogens is 200 g/mol. The zero-order valence-electron chi connectivity index (χ0n) is 8.78. The Labute approximate surface area is 88.7 Å². The molecule has 0 aromatic carbocycles. The molecule has 5 heteroatoms. The molecular formula is C10H15O5. The van der Waals surface area contributed by atoms with Gasteiger partial charge in [-0.15, -0.1) is 0 Å². The number of esters is 2. The number of carbonyl (C=O) groups excluding carboxylic acids is 3. The first kappa shape index (κ1) is 13.6. The topological polar surface area (TPSA) is 69.7 Å². The Hall–Kier alpha value is -1.39. The van der Waals surface area contributed by atoms with Crippen LogP contribution in [0.15, 0.2) is 0 Å². The van der Waals surface area contributed by atoms with Crippen molar-refractivity contribution in [2.45, 2.75) is 32.6 Å². The molecule has 85 valence electrons. The van der Waals surface area contributed by atoms with Crippen molar-refractivity contribution in [2.75, 3.05) is 13.2 Å². The zero-order valence-corrected chi connectivity index (χ0v) is 8.78. The van der Waals surface area contributed by atoms with Crippen LogP contribution in [0.25, 0.3) is 0 Å². The molecule has 0 atom stereocenters. The van der Waals surface area contributed by atoms with E-state index in [9.17, 15) is 14.4 Å². The van der Waals surface area contributed by atoms with Gasteiger partial charge in [-0.2, -0.15) is 0 Å². The van der Waals surface area contributed by atoms with Crippen LogP contribution in [0, 0.1) is 0 Å². The van der Waals surface area contributed by atoms with Gasteiger partial charge < -0.3 is 9.47 Å². The summed E-state index contributed by atoms with van der Waals surface area (Å²) in [5, 5.41) is 0. The van der Waals surface area contributed by atoms with Crippen molar-refractivity contribution in [1.29, 1.82) is 0 Å². The minimum Gasteiger partial charge on any atom is -0.466 e. The van der Waals surface area contributed by atoms with Gasteiger partial charge in [0.25, 0.3) is 0 Å². The molecule has 0 saturated carbocycles. The van der Waals surface area contributed by atoms with Crippen molar-refractivity contribution in [2.24, 2.45) is 0 Å². The lowest BCUT2D eigenvalue weighted by Crippen LogP contribution is -2.08. The zero-order chi connectivity index (χ0) is 11.5. The summed E-state index contributed by atoms with van der Waals surface area (Å²) >= 11 is 0. The van der Waals surface area contributed by atoms with Gasteiger partial charge in [0.15, 0.2) is 6.29 Å². The number of unbranched alkanes of at least 4 members (excludes halogenated alkanes) is 1. The van der Waals surface area contributed by atoms with Crippen LogP contribution in [0.5, 0.6) is 0 Å². The van der Waals surface area contributed by atoms with E-state index in [-0.39, 0.29) is 38.0 Å². The van der Waals surface area contributed by atoms with Gasteiger partial charge in [-0.05, 0) is 12.8 Å². The highest BCUT2D eigenvalue weighted by molar-refractivity contribution is 5.69. The van der Waals surface area contributed by atoms with E-state index in [0.717, 1.165) is 0 Å². The van der Waals surface area contributed by atoms with Gasteiger partial charge in [0.1, 0.15) is 0 Å². The van der Waals surface area contributed by atoms with Crippen LogP contribution < -0.4 is 0 Å². The quantitative estimate of drug-likeness (QED) is 0.441. The third-order valence-electron chi connectivity index (χ3n) is 1.52. The van der Waals surface area contributed by atoms with Crippen LogP contribution in [-0.4, -0.2) is 31.4 Å². The average molecular weight is 215 g/mol. The van der Waals surface area contributed by atoms with Gasteiger partial charge in [-0.3, -0.25) is 14.4 Å². The standard InChI is InChI=1S/C10H15O5/c1-9(12)14-8-4-5-10(13)15-7-3-2-6-11/h2-5,7-8H2,1H3. The fourth-order valence-corrected chi connectivity index (χ4v) is 0.835. The maximum atomic E-state index is 11.0. The van der Waals surface area contributed by atoms with E-state index < -0.39 is 0 Å². The van der Waals surface area contributed by atoms with Gasteiger partial charge in [0, 0.05) is 19.8 Å². The molecule has 0 bridgehead atoms. The van der Waals surface area contributed by atoms with Crippen molar-refractivity contribution in [3.8, 4) is 0 Å². The van der Waals surface area contributed by atoms with Crippen molar-refractivity contribution in [3.05, 3.63) is 0 Å². The Kier molecular flexibility index (Phi) is 8.33. The van der Waals surface area contributed by atoms with E-state index >= 15 is 0 Å². The summed E-state index contributed by atoms with van der Waals surface area (Å²) in [4.78, 5) is 31.2. The van der Waals surface area contributed by atoms with E-state index in [1.54, 1.807) is 6.29 Å². The third-order valence-corrected chi connectivity index (χ3v) is 1.52. The molecule has 0 amide bonds. The minimum absolute atomic E-state index is 0.220. The Morgan fingerprint density at radius 1 is 1.13 bits per heavy atom. The van der Waals surface area contributed by atoms with E-state index in [2.05, 4.69) is 4.74 Å². The molecule has 0 unspecified atom stereocenters. The van der Waals surface area contributed by atoms with Gasteiger partial charge in [-0.1, -0.05) is 0 Å². The number of hydrogen-bond donors (Lipinski definition) is 0. The molecule has 0 aromatic heterocycles. The van der Waals surface area contributed by atoms with Crippen molar-refractivity contribution >= 4 is 18.2 Å². The molecule has 1 radical (unpaired) electrons. The third kappa shape index (κ3) is 10.5. The fraction of sp³-hybridized carbons (Fsp3) is 0.700.